The lowest BCUT2D eigenvalue weighted by molar-refractivity contribution is 0.0693. The quantitative estimate of drug-likeness (QED) is 0.791. The molecule has 1 fully saturated rings. The molecule has 0 aliphatic carbocycles. The molecule has 0 saturated carbocycles. The molecule has 1 saturated heterocycles. The number of para-hydroxylation sites is 1. The van der Waals surface area contributed by atoms with Gasteiger partial charge in [0.1, 0.15) is 5.82 Å². The van der Waals surface area contributed by atoms with E-state index in [9.17, 15) is 0 Å². The van der Waals surface area contributed by atoms with Crippen LogP contribution in [0.5, 0.6) is 0 Å². The number of hydrogen-bond acceptors (Lipinski definition) is 2. The third-order valence-electron chi connectivity index (χ3n) is 4.70. The van der Waals surface area contributed by atoms with Gasteiger partial charge in [-0.3, -0.25) is 0 Å². The van der Waals surface area contributed by atoms with Crippen molar-refractivity contribution in [1.82, 2.24) is 14.5 Å². The first kappa shape index (κ1) is 14.3. The molecule has 0 atom stereocenters. The van der Waals surface area contributed by atoms with E-state index in [2.05, 4.69) is 40.5 Å². The highest BCUT2D eigenvalue weighted by Gasteiger charge is 2.22. The lowest BCUT2D eigenvalue weighted by Crippen LogP contribution is -2.33. The number of ether oxygens (including phenoxy) is 1. The molecule has 4 heteroatoms. The van der Waals surface area contributed by atoms with Gasteiger partial charge in [0.05, 0.1) is 10.7 Å². The predicted octanol–water partition coefficient (Wildman–Crippen LogP) is 2.59. The second kappa shape index (κ2) is 5.70. The van der Waals surface area contributed by atoms with Gasteiger partial charge < -0.3 is 14.3 Å². The van der Waals surface area contributed by atoms with Gasteiger partial charge in [0.15, 0.2) is 0 Å². The van der Waals surface area contributed by atoms with Crippen LogP contribution in [0.15, 0.2) is 30.5 Å². The topological polar surface area (TPSA) is 42.8 Å². The fourth-order valence-electron chi connectivity index (χ4n) is 3.50. The molecular weight excluding hydrogens is 286 g/mol. The summed E-state index contributed by atoms with van der Waals surface area (Å²) in [6, 6.07) is 8.76. The zero-order valence-corrected chi connectivity index (χ0v) is 13.4. The molecule has 4 nitrogen and oxygen atoms in total. The standard InChI is InChI=1S/C19H21N3O/c1-3-17-13(2)22(14-8-10-23-11-9-14)19(21-17)16-12-20-18-7-5-4-6-15(16)18/h3-7,12,14,20H,2,8-11H2,1H3/b17-3+. The van der Waals surface area contributed by atoms with E-state index < -0.39 is 0 Å². The average molecular weight is 307 g/mol. The molecule has 23 heavy (non-hydrogen) atoms. The van der Waals surface area contributed by atoms with Crippen LogP contribution >= 0.6 is 0 Å². The van der Waals surface area contributed by atoms with E-state index in [-0.39, 0.29) is 0 Å². The Labute approximate surface area is 135 Å². The summed E-state index contributed by atoms with van der Waals surface area (Å²) < 4.78 is 7.84. The third kappa shape index (κ3) is 2.30. The summed E-state index contributed by atoms with van der Waals surface area (Å²) in [4.78, 5) is 8.24. The van der Waals surface area contributed by atoms with Crippen LogP contribution in [0, 0.1) is 0 Å². The minimum atomic E-state index is 0.404. The van der Waals surface area contributed by atoms with Crippen LogP contribution in [0.4, 0.5) is 0 Å². The summed E-state index contributed by atoms with van der Waals surface area (Å²) in [5, 5.41) is 3.17. The van der Waals surface area contributed by atoms with Crippen LogP contribution < -0.4 is 10.7 Å². The predicted molar refractivity (Wildman–Crippen MR) is 93.5 cm³/mol. The number of hydrogen-bond donors (Lipinski definition) is 1. The van der Waals surface area contributed by atoms with E-state index in [4.69, 9.17) is 9.72 Å². The molecule has 0 unspecified atom stereocenters. The molecule has 1 aromatic carbocycles. The number of aromatic nitrogens is 3. The highest BCUT2D eigenvalue weighted by atomic mass is 16.5. The van der Waals surface area contributed by atoms with Gasteiger partial charge >= 0.3 is 0 Å². The Hall–Kier alpha value is -2.33. The zero-order valence-electron chi connectivity index (χ0n) is 13.4. The van der Waals surface area contributed by atoms with Gasteiger partial charge in [0.25, 0.3) is 0 Å². The summed E-state index contributed by atoms with van der Waals surface area (Å²) in [5.74, 6) is 1.01. The molecule has 118 valence electrons. The SMILES string of the molecule is C=c1/c(=C\C)nc(-c2c[nH]c3ccccc23)n1C1CCOCC1. The Kier molecular flexibility index (Phi) is 3.54. The van der Waals surface area contributed by atoms with Gasteiger partial charge in [0, 0.05) is 41.9 Å². The lowest BCUT2D eigenvalue weighted by Gasteiger charge is -2.25. The number of fused-ring (bicyclic) bond motifs is 1. The summed E-state index contributed by atoms with van der Waals surface area (Å²) >= 11 is 0. The highest BCUT2D eigenvalue weighted by Crippen LogP contribution is 2.29. The molecule has 0 radical (unpaired) electrons. The van der Waals surface area contributed by atoms with Crippen molar-refractivity contribution in [3.05, 3.63) is 41.2 Å². The molecular formula is C19H21N3O. The molecule has 1 aliphatic rings. The first-order valence-electron chi connectivity index (χ1n) is 8.17. The molecule has 1 N–H and O–H groups in total. The van der Waals surface area contributed by atoms with Crippen molar-refractivity contribution in [1.29, 1.82) is 0 Å². The largest absolute Gasteiger partial charge is 0.381 e. The Morgan fingerprint density at radius 1 is 1.30 bits per heavy atom. The van der Waals surface area contributed by atoms with Crippen LogP contribution in [0.3, 0.4) is 0 Å². The number of aromatic amines is 1. The molecule has 4 rings (SSSR count). The average Bonchev–Trinajstić information content (AvgIpc) is 3.16. The first-order chi connectivity index (χ1) is 11.3. The number of nitrogens with zero attached hydrogens (tertiary/aromatic N) is 2. The second-order valence-electron chi connectivity index (χ2n) is 6.02. The fourth-order valence-corrected chi connectivity index (χ4v) is 3.50. The van der Waals surface area contributed by atoms with E-state index >= 15 is 0 Å². The number of rotatable bonds is 2. The monoisotopic (exact) mass is 307 g/mol. The smallest absolute Gasteiger partial charge is 0.143 e. The minimum absolute atomic E-state index is 0.404. The van der Waals surface area contributed by atoms with Crippen LogP contribution in [0.2, 0.25) is 0 Å². The molecule has 0 bridgehead atoms. The number of nitrogens with one attached hydrogen (secondary N) is 1. The van der Waals surface area contributed by atoms with E-state index in [1.165, 1.54) is 5.39 Å². The normalized spacial score (nSPS) is 17.2. The Bertz CT molecular complexity index is 945. The molecule has 3 heterocycles. The first-order valence-corrected chi connectivity index (χ1v) is 8.17. The third-order valence-corrected chi connectivity index (χ3v) is 4.70. The van der Waals surface area contributed by atoms with Gasteiger partial charge in [0.2, 0.25) is 0 Å². The van der Waals surface area contributed by atoms with Crippen LogP contribution in [-0.4, -0.2) is 27.7 Å². The summed E-state index contributed by atoms with van der Waals surface area (Å²) in [6.07, 6.45) is 6.12. The van der Waals surface area contributed by atoms with Crippen LogP contribution in [0.25, 0.3) is 34.9 Å². The summed E-state index contributed by atoms with van der Waals surface area (Å²) in [5.41, 5.74) is 2.28. The maximum absolute atomic E-state index is 5.53. The van der Waals surface area contributed by atoms with Crippen LogP contribution in [0.1, 0.15) is 25.8 Å². The Morgan fingerprint density at radius 2 is 2.09 bits per heavy atom. The van der Waals surface area contributed by atoms with Gasteiger partial charge in [-0.25, -0.2) is 4.98 Å². The maximum Gasteiger partial charge on any atom is 0.143 e. The summed E-state index contributed by atoms with van der Waals surface area (Å²) in [7, 11) is 0. The molecule has 2 aromatic heterocycles. The molecule has 1 aliphatic heterocycles. The second-order valence-corrected chi connectivity index (χ2v) is 6.02. The van der Waals surface area contributed by atoms with Crippen molar-refractivity contribution < 1.29 is 4.74 Å². The van der Waals surface area contributed by atoms with Crippen molar-refractivity contribution in [2.45, 2.75) is 25.8 Å². The van der Waals surface area contributed by atoms with Crippen molar-refractivity contribution in [3.8, 4) is 11.4 Å². The maximum atomic E-state index is 5.53. The number of imidazole rings is 1. The van der Waals surface area contributed by atoms with Gasteiger partial charge in [-0.1, -0.05) is 30.9 Å². The molecule has 0 spiro atoms. The zero-order chi connectivity index (χ0) is 15.8. The van der Waals surface area contributed by atoms with Crippen molar-refractivity contribution in [2.75, 3.05) is 13.2 Å². The van der Waals surface area contributed by atoms with E-state index in [1.54, 1.807) is 0 Å². The Morgan fingerprint density at radius 3 is 2.87 bits per heavy atom. The van der Waals surface area contributed by atoms with Crippen molar-refractivity contribution >= 4 is 23.6 Å². The number of H-pyrrole nitrogens is 1. The Balaban J connectivity index is 1.96. The van der Waals surface area contributed by atoms with Gasteiger partial charge in [-0.15, -0.1) is 0 Å². The van der Waals surface area contributed by atoms with Crippen molar-refractivity contribution in [3.63, 3.8) is 0 Å². The van der Waals surface area contributed by atoms with E-state index in [0.717, 1.165) is 53.7 Å². The highest BCUT2D eigenvalue weighted by molar-refractivity contribution is 5.93. The molecule has 0 amide bonds. The minimum Gasteiger partial charge on any atom is -0.381 e. The van der Waals surface area contributed by atoms with Gasteiger partial charge in [-0.2, -0.15) is 0 Å². The lowest BCUT2D eigenvalue weighted by atomic mass is 10.1. The van der Waals surface area contributed by atoms with Crippen molar-refractivity contribution in [2.24, 2.45) is 0 Å². The van der Waals surface area contributed by atoms with Gasteiger partial charge in [-0.05, 0) is 25.8 Å². The van der Waals surface area contributed by atoms with E-state index in [0.29, 0.717) is 6.04 Å². The molecule has 3 aromatic rings. The summed E-state index contributed by atoms with van der Waals surface area (Å²) in [6.45, 7) is 7.93. The van der Waals surface area contributed by atoms with Crippen LogP contribution in [-0.2, 0) is 4.74 Å². The fraction of sp³-hybridized carbons (Fsp3) is 0.316. The van der Waals surface area contributed by atoms with E-state index in [1.807, 2.05) is 19.1 Å². The number of benzene rings is 1.